The van der Waals surface area contributed by atoms with Gasteiger partial charge in [-0.25, -0.2) is 4.98 Å². The summed E-state index contributed by atoms with van der Waals surface area (Å²) in [4.78, 5) is 13.2. The monoisotopic (exact) mass is 160 g/mol. The van der Waals surface area contributed by atoms with Gasteiger partial charge < -0.3 is 4.57 Å². The van der Waals surface area contributed by atoms with E-state index in [9.17, 15) is 13.6 Å². The molecule has 0 unspecified atom stereocenters. The Bertz CT molecular complexity index is 269. The van der Waals surface area contributed by atoms with Gasteiger partial charge in [0.05, 0.1) is 0 Å². The Labute approximate surface area is 61.7 Å². The molecule has 1 rings (SSSR count). The zero-order valence-corrected chi connectivity index (χ0v) is 5.79. The van der Waals surface area contributed by atoms with Crippen LogP contribution in [0.2, 0.25) is 0 Å². The number of hydrogen-bond donors (Lipinski definition) is 0. The second kappa shape index (κ2) is 2.41. The van der Waals surface area contributed by atoms with Gasteiger partial charge >= 0.3 is 5.92 Å². The van der Waals surface area contributed by atoms with Gasteiger partial charge in [0.1, 0.15) is 0 Å². The molecule has 0 aliphatic heterocycles. The normalized spacial score (nSPS) is 11.5. The second-order valence-electron chi connectivity index (χ2n) is 2.10. The third kappa shape index (κ3) is 1.26. The largest absolute Gasteiger partial charge is 0.359 e. The molecule has 0 aliphatic carbocycles. The fraction of sp³-hybridized carbons (Fsp3) is 0.333. The number of aromatic nitrogens is 2. The maximum Gasteiger partial charge on any atom is 0.359 e. The van der Waals surface area contributed by atoms with Gasteiger partial charge in [-0.1, -0.05) is 0 Å². The van der Waals surface area contributed by atoms with Gasteiger partial charge in [-0.15, -0.1) is 0 Å². The average molecular weight is 160 g/mol. The molecule has 0 N–H and O–H groups in total. The van der Waals surface area contributed by atoms with Gasteiger partial charge in [-0.3, -0.25) is 4.79 Å². The molecule has 0 amide bonds. The van der Waals surface area contributed by atoms with Crippen molar-refractivity contribution in [1.29, 1.82) is 0 Å². The summed E-state index contributed by atoms with van der Waals surface area (Å²) in [5.74, 6) is -4.01. The number of carbonyl (C=O) groups excluding carboxylic acids is 1. The summed E-state index contributed by atoms with van der Waals surface area (Å²) in [6, 6.07) is 0. The van der Waals surface area contributed by atoms with Gasteiger partial charge in [-0.2, -0.15) is 8.78 Å². The lowest BCUT2D eigenvalue weighted by Crippen LogP contribution is -2.19. The zero-order valence-electron chi connectivity index (χ0n) is 5.79. The Morgan fingerprint density at radius 1 is 1.73 bits per heavy atom. The van der Waals surface area contributed by atoms with E-state index in [0.29, 0.717) is 0 Å². The number of aryl methyl sites for hydroxylation is 1. The van der Waals surface area contributed by atoms with Gasteiger partial charge in [-0.05, 0) is 0 Å². The first-order chi connectivity index (χ1) is 5.08. The maximum absolute atomic E-state index is 12.5. The quantitative estimate of drug-likeness (QED) is 0.597. The van der Waals surface area contributed by atoms with E-state index in [-0.39, 0.29) is 0 Å². The van der Waals surface area contributed by atoms with E-state index in [1.807, 2.05) is 0 Å². The molecule has 0 aromatic carbocycles. The first-order valence-electron chi connectivity index (χ1n) is 2.90. The van der Waals surface area contributed by atoms with Crippen molar-refractivity contribution in [2.24, 2.45) is 7.05 Å². The second-order valence-corrected chi connectivity index (χ2v) is 2.10. The summed E-state index contributed by atoms with van der Waals surface area (Å²) in [5, 5.41) is 0. The standard InChI is InChI=1S/C6H6F2N2O/c1-10-3-2-9-5(10)6(7,8)4-11/h2-4H,1H3. The van der Waals surface area contributed by atoms with Crippen molar-refractivity contribution in [3.05, 3.63) is 18.2 Å². The minimum absolute atomic E-state index is 0.421. The molecule has 0 atom stereocenters. The van der Waals surface area contributed by atoms with Crippen LogP contribution in [0.25, 0.3) is 0 Å². The van der Waals surface area contributed by atoms with Crippen LogP contribution >= 0.6 is 0 Å². The summed E-state index contributed by atoms with van der Waals surface area (Å²) < 4.78 is 26.2. The van der Waals surface area contributed by atoms with E-state index in [4.69, 9.17) is 0 Å². The molecular formula is C6H6F2N2O. The Morgan fingerprint density at radius 3 is 2.73 bits per heavy atom. The van der Waals surface area contributed by atoms with Crippen molar-refractivity contribution in [1.82, 2.24) is 9.55 Å². The number of carbonyl (C=O) groups is 1. The Hall–Kier alpha value is -1.26. The Kier molecular flexibility index (Phi) is 1.72. The average Bonchev–Trinajstić information content (AvgIpc) is 2.36. The summed E-state index contributed by atoms with van der Waals surface area (Å²) in [6.07, 6.45) is 2.15. The summed E-state index contributed by atoms with van der Waals surface area (Å²) in [7, 11) is 1.40. The number of halogens is 2. The smallest absolute Gasteiger partial charge is 0.333 e. The van der Waals surface area contributed by atoms with E-state index in [1.165, 1.54) is 19.4 Å². The van der Waals surface area contributed by atoms with E-state index in [2.05, 4.69) is 4.98 Å². The van der Waals surface area contributed by atoms with Crippen LogP contribution in [0.15, 0.2) is 12.4 Å². The molecular weight excluding hydrogens is 154 g/mol. The molecule has 1 aromatic heterocycles. The van der Waals surface area contributed by atoms with Crippen LogP contribution in [0.3, 0.4) is 0 Å². The minimum Gasteiger partial charge on any atom is -0.333 e. The summed E-state index contributed by atoms with van der Waals surface area (Å²) >= 11 is 0. The van der Waals surface area contributed by atoms with Crippen LogP contribution in [0.5, 0.6) is 0 Å². The number of imidazole rings is 1. The molecule has 0 bridgehead atoms. The first kappa shape index (κ1) is 7.84. The van der Waals surface area contributed by atoms with Crippen molar-refractivity contribution in [3.8, 4) is 0 Å². The highest BCUT2D eigenvalue weighted by atomic mass is 19.3. The van der Waals surface area contributed by atoms with Crippen LogP contribution in [0.4, 0.5) is 8.78 Å². The Morgan fingerprint density at radius 2 is 2.36 bits per heavy atom. The molecule has 0 aliphatic rings. The third-order valence-corrected chi connectivity index (χ3v) is 1.27. The van der Waals surface area contributed by atoms with E-state index in [0.717, 1.165) is 4.57 Å². The zero-order chi connectivity index (χ0) is 8.48. The molecule has 60 valence electrons. The van der Waals surface area contributed by atoms with Crippen molar-refractivity contribution in [2.75, 3.05) is 0 Å². The maximum atomic E-state index is 12.5. The molecule has 11 heavy (non-hydrogen) atoms. The van der Waals surface area contributed by atoms with Gasteiger partial charge in [0.2, 0.25) is 0 Å². The molecule has 3 nitrogen and oxygen atoms in total. The molecule has 0 saturated heterocycles. The van der Waals surface area contributed by atoms with Crippen molar-refractivity contribution < 1.29 is 13.6 Å². The molecule has 1 heterocycles. The molecule has 0 fully saturated rings. The van der Waals surface area contributed by atoms with Crippen LogP contribution in [-0.2, 0) is 17.8 Å². The van der Waals surface area contributed by atoms with Crippen LogP contribution < -0.4 is 0 Å². The fourth-order valence-electron chi connectivity index (χ4n) is 0.739. The number of aldehydes is 1. The highest BCUT2D eigenvalue weighted by Gasteiger charge is 2.34. The Balaban J connectivity index is 3.10. The fourth-order valence-corrected chi connectivity index (χ4v) is 0.739. The summed E-state index contributed by atoms with van der Waals surface area (Å²) in [5.41, 5.74) is 0. The van der Waals surface area contributed by atoms with Gasteiger partial charge in [0.25, 0.3) is 0 Å². The van der Waals surface area contributed by atoms with Gasteiger partial charge in [0.15, 0.2) is 12.1 Å². The molecule has 0 radical (unpaired) electrons. The first-order valence-corrected chi connectivity index (χ1v) is 2.90. The lowest BCUT2D eigenvalue weighted by Gasteiger charge is -2.07. The van der Waals surface area contributed by atoms with E-state index < -0.39 is 18.0 Å². The molecule has 0 saturated carbocycles. The highest BCUT2D eigenvalue weighted by molar-refractivity contribution is 5.61. The lowest BCUT2D eigenvalue weighted by molar-refractivity contribution is -0.131. The van der Waals surface area contributed by atoms with E-state index in [1.54, 1.807) is 0 Å². The molecule has 5 heteroatoms. The van der Waals surface area contributed by atoms with Crippen LogP contribution in [-0.4, -0.2) is 15.8 Å². The predicted molar refractivity (Wildman–Crippen MR) is 33.2 cm³/mol. The van der Waals surface area contributed by atoms with Crippen LogP contribution in [0.1, 0.15) is 5.82 Å². The predicted octanol–water partition coefficient (Wildman–Crippen LogP) is 0.711. The van der Waals surface area contributed by atoms with E-state index >= 15 is 0 Å². The summed E-state index contributed by atoms with van der Waals surface area (Å²) in [6.45, 7) is 0. The number of hydrogen-bond acceptors (Lipinski definition) is 2. The van der Waals surface area contributed by atoms with Gasteiger partial charge in [0, 0.05) is 19.4 Å². The number of alkyl halides is 2. The SMILES string of the molecule is Cn1ccnc1C(F)(F)C=O. The number of rotatable bonds is 2. The number of nitrogens with zero attached hydrogens (tertiary/aromatic N) is 2. The highest BCUT2D eigenvalue weighted by Crippen LogP contribution is 2.22. The minimum atomic E-state index is -3.47. The lowest BCUT2D eigenvalue weighted by atomic mass is 10.3. The topological polar surface area (TPSA) is 34.9 Å². The molecule has 1 aromatic rings. The molecule has 0 spiro atoms. The van der Waals surface area contributed by atoms with Crippen molar-refractivity contribution in [2.45, 2.75) is 5.92 Å². The van der Waals surface area contributed by atoms with Crippen molar-refractivity contribution in [3.63, 3.8) is 0 Å². The third-order valence-electron chi connectivity index (χ3n) is 1.27. The van der Waals surface area contributed by atoms with Crippen molar-refractivity contribution >= 4 is 6.29 Å². The van der Waals surface area contributed by atoms with Crippen LogP contribution in [0, 0.1) is 0 Å².